The fraction of sp³-hybridized carbons (Fsp3) is 0.208. The molecule has 170 valence electrons. The molecular weight excluding hydrogens is 464 g/mol. The van der Waals surface area contributed by atoms with E-state index >= 15 is 0 Å². The average Bonchev–Trinajstić information content (AvgIpc) is 3.28. The number of thiazole rings is 1. The molecule has 4 rings (SSSR count). The summed E-state index contributed by atoms with van der Waals surface area (Å²) in [4.78, 5) is 33.1. The predicted octanol–water partition coefficient (Wildman–Crippen LogP) is 5.06. The van der Waals surface area contributed by atoms with Gasteiger partial charge in [-0.15, -0.1) is 11.3 Å². The van der Waals surface area contributed by atoms with Crippen LogP contribution in [0.4, 0.5) is 5.13 Å². The van der Waals surface area contributed by atoms with Crippen molar-refractivity contribution in [3.05, 3.63) is 74.8 Å². The van der Waals surface area contributed by atoms with Crippen LogP contribution in [-0.4, -0.2) is 36.0 Å². The molecule has 7 nitrogen and oxygen atoms in total. The molecule has 0 bridgehead atoms. The van der Waals surface area contributed by atoms with Gasteiger partial charge in [0.25, 0.3) is 5.78 Å². The van der Waals surface area contributed by atoms with Crippen molar-refractivity contribution in [2.75, 3.05) is 19.1 Å². The van der Waals surface area contributed by atoms with Gasteiger partial charge in [-0.25, -0.2) is 4.98 Å². The van der Waals surface area contributed by atoms with E-state index in [1.165, 1.54) is 29.4 Å². The van der Waals surface area contributed by atoms with Crippen LogP contribution in [0.25, 0.3) is 5.76 Å². The first-order chi connectivity index (χ1) is 15.8. The number of aliphatic hydroxyl groups is 1. The van der Waals surface area contributed by atoms with Gasteiger partial charge in [-0.1, -0.05) is 23.7 Å². The molecule has 1 aliphatic heterocycles. The van der Waals surface area contributed by atoms with Gasteiger partial charge in [-0.2, -0.15) is 0 Å². The molecule has 3 aromatic rings. The first-order valence-electron chi connectivity index (χ1n) is 9.99. The lowest BCUT2D eigenvalue weighted by molar-refractivity contribution is -0.132. The summed E-state index contributed by atoms with van der Waals surface area (Å²) in [6.45, 7) is 3.74. The topological polar surface area (TPSA) is 89.0 Å². The summed E-state index contributed by atoms with van der Waals surface area (Å²) in [6.07, 6.45) is 0. The Bertz CT molecular complexity index is 1260. The number of halogens is 1. The van der Waals surface area contributed by atoms with Crippen LogP contribution in [0.3, 0.4) is 0 Å². The van der Waals surface area contributed by atoms with Crippen LogP contribution in [0.5, 0.6) is 11.5 Å². The fourth-order valence-corrected chi connectivity index (χ4v) is 4.85. The number of ketones is 1. The van der Waals surface area contributed by atoms with E-state index in [1.54, 1.807) is 43.5 Å². The Morgan fingerprint density at radius 1 is 1.09 bits per heavy atom. The van der Waals surface area contributed by atoms with E-state index in [9.17, 15) is 14.7 Å². The Morgan fingerprint density at radius 2 is 1.79 bits per heavy atom. The minimum absolute atomic E-state index is 0.0445. The van der Waals surface area contributed by atoms with Crippen LogP contribution in [0.2, 0.25) is 5.02 Å². The fourth-order valence-electron chi connectivity index (χ4n) is 3.66. The number of benzene rings is 2. The van der Waals surface area contributed by atoms with Gasteiger partial charge in [0.1, 0.15) is 17.3 Å². The Labute approximate surface area is 199 Å². The lowest BCUT2D eigenvalue weighted by Crippen LogP contribution is -2.29. The molecule has 2 aromatic carbocycles. The highest BCUT2D eigenvalue weighted by molar-refractivity contribution is 7.16. The Balaban J connectivity index is 1.93. The summed E-state index contributed by atoms with van der Waals surface area (Å²) in [5.74, 6) is -0.838. The van der Waals surface area contributed by atoms with Crippen molar-refractivity contribution in [2.24, 2.45) is 0 Å². The zero-order chi connectivity index (χ0) is 23.9. The van der Waals surface area contributed by atoms with Crippen molar-refractivity contribution in [3.63, 3.8) is 0 Å². The van der Waals surface area contributed by atoms with E-state index in [2.05, 4.69) is 4.98 Å². The van der Waals surface area contributed by atoms with Crippen molar-refractivity contribution in [3.8, 4) is 11.5 Å². The third kappa shape index (κ3) is 3.96. The number of anilines is 1. The van der Waals surface area contributed by atoms with Crippen LogP contribution >= 0.6 is 22.9 Å². The number of amides is 1. The third-order valence-corrected chi connectivity index (χ3v) is 6.89. The lowest BCUT2D eigenvalue weighted by atomic mass is 9.95. The smallest absolute Gasteiger partial charge is 0.301 e. The number of aromatic nitrogens is 1. The minimum Gasteiger partial charge on any atom is -0.507 e. The molecule has 0 spiro atoms. The quantitative estimate of drug-likeness (QED) is 0.309. The van der Waals surface area contributed by atoms with Crippen molar-refractivity contribution < 1.29 is 24.2 Å². The van der Waals surface area contributed by atoms with Gasteiger partial charge >= 0.3 is 5.91 Å². The van der Waals surface area contributed by atoms with E-state index in [0.717, 1.165) is 10.6 Å². The van der Waals surface area contributed by atoms with Crippen LogP contribution < -0.4 is 14.4 Å². The van der Waals surface area contributed by atoms with Crippen molar-refractivity contribution in [1.82, 2.24) is 4.98 Å². The number of hydrogen-bond donors (Lipinski definition) is 1. The van der Waals surface area contributed by atoms with Crippen LogP contribution in [0, 0.1) is 13.8 Å². The van der Waals surface area contributed by atoms with Crippen molar-refractivity contribution in [2.45, 2.75) is 19.9 Å². The maximum absolute atomic E-state index is 13.2. The molecule has 0 saturated carbocycles. The Hall–Kier alpha value is -3.36. The van der Waals surface area contributed by atoms with E-state index in [-0.39, 0.29) is 16.4 Å². The Morgan fingerprint density at radius 3 is 2.33 bits per heavy atom. The summed E-state index contributed by atoms with van der Waals surface area (Å²) in [6, 6.07) is 10.8. The summed E-state index contributed by atoms with van der Waals surface area (Å²) in [5, 5.41) is 11.8. The monoisotopic (exact) mass is 484 g/mol. The normalized spacial score (nSPS) is 17.5. The number of rotatable bonds is 5. The molecular formula is C24H21ClN2O5S. The SMILES string of the molecule is COc1ccc(C2C(=C(O)c3ccc(OC)c(Cl)c3)C(=O)C(=O)N2c2nc(C)c(C)s2)cc1. The molecule has 0 radical (unpaired) electrons. The second kappa shape index (κ2) is 8.88. The summed E-state index contributed by atoms with van der Waals surface area (Å²) < 4.78 is 10.4. The first-order valence-corrected chi connectivity index (χ1v) is 11.2. The number of aryl methyl sites for hydroxylation is 2. The number of aliphatic hydroxyl groups excluding tert-OH is 1. The largest absolute Gasteiger partial charge is 0.507 e. The lowest BCUT2D eigenvalue weighted by Gasteiger charge is -2.23. The number of carbonyl (C=O) groups excluding carboxylic acids is 2. The summed E-state index contributed by atoms with van der Waals surface area (Å²) in [5.41, 5.74) is 1.65. The number of hydrogen-bond acceptors (Lipinski definition) is 7. The molecule has 1 atom stereocenters. The van der Waals surface area contributed by atoms with Gasteiger partial charge in [0.05, 0.1) is 36.6 Å². The van der Waals surface area contributed by atoms with Gasteiger partial charge in [0.2, 0.25) is 0 Å². The van der Waals surface area contributed by atoms with Crippen LogP contribution in [-0.2, 0) is 9.59 Å². The third-order valence-electron chi connectivity index (χ3n) is 5.52. The molecule has 33 heavy (non-hydrogen) atoms. The van der Waals surface area contributed by atoms with Gasteiger partial charge in [-0.05, 0) is 49.7 Å². The molecule has 1 saturated heterocycles. The molecule has 1 fully saturated rings. The standard InChI is InChI=1S/C24H21ClN2O5S/c1-12-13(2)33-24(26-12)27-20(14-5-8-16(31-3)9-6-14)19(22(29)23(27)30)21(28)15-7-10-18(32-4)17(25)11-15/h5-11,20,28H,1-4H3. The van der Waals surface area contributed by atoms with E-state index < -0.39 is 17.7 Å². The van der Waals surface area contributed by atoms with E-state index in [1.807, 2.05) is 13.8 Å². The second-order valence-corrected chi connectivity index (χ2v) is 9.02. The molecule has 9 heteroatoms. The molecule has 1 amide bonds. The van der Waals surface area contributed by atoms with Crippen molar-refractivity contribution >= 4 is 45.5 Å². The van der Waals surface area contributed by atoms with E-state index in [4.69, 9.17) is 21.1 Å². The summed E-state index contributed by atoms with van der Waals surface area (Å²) in [7, 11) is 3.03. The number of methoxy groups -OCH3 is 2. The zero-order valence-electron chi connectivity index (χ0n) is 18.4. The number of nitrogens with zero attached hydrogens (tertiary/aromatic N) is 2. The highest BCUT2D eigenvalue weighted by atomic mass is 35.5. The molecule has 0 aliphatic carbocycles. The highest BCUT2D eigenvalue weighted by Gasteiger charge is 2.48. The van der Waals surface area contributed by atoms with E-state index in [0.29, 0.717) is 27.8 Å². The van der Waals surface area contributed by atoms with Crippen LogP contribution in [0.1, 0.15) is 27.7 Å². The highest BCUT2D eigenvalue weighted by Crippen LogP contribution is 2.44. The van der Waals surface area contributed by atoms with Gasteiger partial charge in [-0.3, -0.25) is 14.5 Å². The second-order valence-electron chi connectivity index (χ2n) is 7.43. The summed E-state index contributed by atoms with van der Waals surface area (Å²) >= 11 is 7.55. The van der Waals surface area contributed by atoms with Crippen molar-refractivity contribution in [1.29, 1.82) is 0 Å². The molecule has 1 aromatic heterocycles. The number of carbonyl (C=O) groups is 2. The molecule has 1 unspecified atom stereocenters. The molecule has 1 aliphatic rings. The maximum Gasteiger partial charge on any atom is 0.301 e. The predicted molar refractivity (Wildman–Crippen MR) is 127 cm³/mol. The maximum atomic E-state index is 13.2. The first kappa shape index (κ1) is 22.8. The zero-order valence-corrected chi connectivity index (χ0v) is 20.0. The van der Waals surface area contributed by atoms with Crippen LogP contribution in [0.15, 0.2) is 48.0 Å². The average molecular weight is 485 g/mol. The van der Waals surface area contributed by atoms with Gasteiger partial charge in [0, 0.05) is 10.4 Å². The number of Topliss-reactive ketones (excluding diaryl/α,β-unsaturated/α-hetero) is 1. The van der Waals surface area contributed by atoms with Gasteiger partial charge < -0.3 is 14.6 Å². The number of ether oxygens (including phenoxy) is 2. The minimum atomic E-state index is -0.873. The Kier molecular flexibility index (Phi) is 6.14. The molecule has 1 N–H and O–H groups in total. The molecule has 2 heterocycles. The van der Waals surface area contributed by atoms with Gasteiger partial charge in [0.15, 0.2) is 5.13 Å².